The van der Waals surface area contributed by atoms with Gasteiger partial charge in [0, 0.05) is 6.07 Å². The zero-order valence-corrected chi connectivity index (χ0v) is 7.85. The molecular weight excluding hydrogens is 193 g/mol. The molecule has 14 heavy (non-hydrogen) atoms. The van der Waals surface area contributed by atoms with Crippen molar-refractivity contribution in [1.29, 1.82) is 0 Å². The van der Waals surface area contributed by atoms with Crippen LogP contribution in [0.15, 0.2) is 18.2 Å². The summed E-state index contributed by atoms with van der Waals surface area (Å²) in [6.07, 6.45) is -4.68. The minimum Gasteiger partial charge on any atom is -0.490 e. The Morgan fingerprint density at radius 2 is 2.00 bits per heavy atom. The molecule has 0 atom stereocenters. The van der Waals surface area contributed by atoms with E-state index in [0.29, 0.717) is 0 Å². The lowest BCUT2D eigenvalue weighted by atomic mass is 10.2. The highest BCUT2D eigenvalue weighted by Crippen LogP contribution is 2.35. The van der Waals surface area contributed by atoms with Crippen molar-refractivity contribution in [3.8, 4) is 5.75 Å². The molecule has 1 aromatic rings. The average molecular weight is 203 g/mol. The van der Waals surface area contributed by atoms with Crippen molar-refractivity contribution in [2.45, 2.75) is 26.1 Å². The highest BCUT2D eigenvalue weighted by molar-refractivity contribution is 5.34. The molecule has 0 heterocycles. The third-order valence-electron chi connectivity index (χ3n) is 1.48. The van der Waals surface area contributed by atoms with Gasteiger partial charge in [-0.15, -0.1) is 0 Å². The number of rotatable bonds is 2. The van der Waals surface area contributed by atoms with E-state index in [1.165, 1.54) is 12.1 Å². The van der Waals surface area contributed by atoms with Crippen molar-refractivity contribution in [2.24, 2.45) is 0 Å². The molecule has 77 valence electrons. The fraction of sp³-hybridized carbons (Fsp3) is 0.400. The lowest BCUT2D eigenvalue weighted by molar-refractivity contribution is -0.139. The van der Waals surface area contributed by atoms with E-state index in [1.54, 1.807) is 13.8 Å². The van der Waals surface area contributed by atoms with Crippen LogP contribution in [0.5, 0.6) is 5.75 Å². The van der Waals surface area contributed by atoms with E-state index >= 15 is 0 Å². The minimum absolute atomic E-state index is 0.241. The zero-order valence-electron chi connectivity index (χ0n) is 7.85. The monoisotopic (exact) mass is 203 g/mol. The first-order valence-corrected chi connectivity index (χ1v) is 4.16. The van der Waals surface area contributed by atoms with Crippen LogP contribution >= 0.6 is 0 Å². The Balaban J connectivity index is 3.04. The van der Waals surface area contributed by atoms with Gasteiger partial charge >= 0.3 is 6.18 Å². The number of para-hydroxylation sites is 1. The van der Waals surface area contributed by atoms with Gasteiger partial charge in [-0.25, -0.2) is 0 Å². The molecule has 0 aliphatic carbocycles. The molecule has 1 rings (SSSR count). The van der Waals surface area contributed by atoms with Gasteiger partial charge in [-0.3, -0.25) is 0 Å². The fourth-order valence-corrected chi connectivity index (χ4v) is 0.978. The number of ether oxygens (including phenoxy) is 1. The highest BCUT2D eigenvalue weighted by Gasteiger charge is 2.34. The standard InChI is InChI=1S/C10H10F3O/c1-7(2)14-9-6-4-3-5-8(9)10(11,12)13/h3-5,7H,1-2H3. The summed E-state index contributed by atoms with van der Waals surface area (Å²) in [7, 11) is 0. The topological polar surface area (TPSA) is 9.23 Å². The van der Waals surface area contributed by atoms with Gasteiger partial charge in [0.1, 0.15) is 5.75 Å². The van der Waals surface area contributed by atoms with Crippen molar-refractivity contribution in [2.75, 3.05) is 0 Å². The molecule has 0 spiro atoms. The SMILES string of the molecule is CC(C)Oc1[c]cccc1C(F)(F)F. The van der Waals surface area contributed by atoms with Gasteiger partial charge in [0.2, 0.25) is 0 Å². The van der Waals surface area contributed by atoms with Gasteiger partial charge < -0.3 is 4.74 Å². The molecule has 0 fully saturated rings. The van der Waals surface area contributed by atoms with E-state index in [-0.39, 0.29) is 11.9 Å². The number of hydrogen-bond donors (Lipinski definition) is 0. The zero-order chi connectivity index (χ0) is 10.8. The van der Waals surface area contributed by atoms with Crippen molar-refractivity contribution in [3.63, 3.8) is 0 Å². The van der Waals surface area contributed by atoms with Gasteiger partial charge in [-0.2, -0.15) is 13.2 Å². The van der Waals surface area contributed by atoms with Gasteiger partial charge in [0.05, 0.1) is 11.7 Å². The maximum atomic E-state index is 12.4. The maximum Gasteiger partial charge on any atom is 0.419 e. The average Bonchev–Trinajstić information content (AvgIpc) is 2.01. The van der Waals surface area contributed by atoms with Crippen LogP contribution in [0.4, 0.5) is 13.2 Å². The second-order valence-corrected chi connectivity index (χ2v) is 3.08. The number of halogens is 3. The largest absolute Gasteiger partial charge is 0.490 e. The summed E-state index contributed by atoms with van der Waals surface area (Å²) < 4.78 is 42.2. The number of benzene rings is 1. The van der Waals surface area contributed by atoms with Crippen LogP contribution in [0.3, 0.4) is 0 Å². The molecule has 1 nitrogen and oxygen atoms in total. The van der Waals surface area contributed by atoms with Crippen LogP contribution in [0.1, 0.15) is 19.4 Å². The molecule has 0 saturated carbocycles. The molecule has 0 aromatic heterocycles. The third kappa shape index (κ3) is 2.65. The molecule has 0 aliphatic rings. The number of alkyl halides is 3. The molecular formula is C10H10F3O. The van der Waals surface area contributed by atoms with E-state index < -0.39 is 11.7 Å². The van der Waals surface area contributed by atoms with Gasteiger partial charge in [-0.1, -0.05) is 12.1 Å². The number of hydrogen-bond acceptors (Lipinski definition) is 1. The van der Waals surface area contributed by atoms with Gasteiger partial charge in [0.15, 0.2) is 0 Å². The lowest BCUT2D eigenvalue weighted by Crippen LogP contribution is -2.12. The van der Waals surface area contributed by atoms with E-state index in [2.05, 4.69) is 6.07 Å². The minimum atomic E-state index is -4.39. The third-order valence-corrected chi connectivity index (χ3v) is 1.48. The summed E-state index contributed by atoms with van der Waals surface area (Å²) in [6, 6.07) is 6.10. The van der Waals surface area contributed by atoms with Crippen LogP contribution in [-0.4, -0.2) is 6.10 Å². The molecule has 0 N–H and O–H groups in total. The summed E-state index contributed by atoms with van der Waals surface area (Å²) in [5, 5.41) is 0. The van der Waals surface area contributed by atoms with E-state index in [0.717, 1.165) is 6.07 Å². The van der Waals surface area contributed by atoms with Crippen LogP contribution in [0, 0.1) is 6.07 Å². The second kappa shape index (κ2) is 3.90. The first-order valence-electron chi connectivity index (χ1n) is 4.16. The lowest BCUT2D eigenvalue weighted by Gasteiger charge is -2.15. The van der Waals surface area contributed by atoms with Crippen LogP contribution < -0.4 is 4.74 Å². The molecule has 4 heteroatoms. The predicted molar refractivity (Wildman–Crippen MR) is 46.0 cm³/mol. The second-order valence-electron chi connectivity index (χ2n) is 3.08. The maximum absolute atomic E-state index is 12.4. The van der Waals surface area contributed by atoms with E-state index in [4.69, 9.17) is 4.74 Å². The summed E-state index contributed by atoms with van der Waals surface area (Å²) in [4.78, 5) is 0. The van der Waals surface area contributed by atoms with Crippen LogP contribution in [0.2, 0.25) is 0 Å². The quantitative estimate of drug-likeness (QED) is 0.716. The Hall–Kier alpha value is -1.19. The normalized spacial score (nSPS) is 11.9. The molecule has 0 saturated heterocycles. The van der Waals surface area contributed by atoms with Gasteiger partial charge in [0.25, 0.3) is 0 Å². The predicted octanol–water partition coefficient (Wildman–Crippen LogP) is 3.29. The highest BCUT2D eigenvalue weighted by atomic mass is 19.4. The summed E-state index contributed by atoms with van der Waals surface area (Å²) >= 11 is 0. The van der Waals surface area contributed by atoms with E-state index in [9.17, 15) is 13.2 Å². The Bertz CT molecular complexity index is 304. The van der Waals surface area contributed by atoms with Crippen molar-refractivity contribution >= 4 is 0 Å². The summed E-state index contributed by atoms with van der Waals surface area (Å²) in [5.74, 6) is -0.241. The fourth-order valence-electron chi connectivity index (χ4n) is 0.978. The summed E-state index contributed by atoms with van der Waals surface area (Å²) in [6.45, 7) is 3.34. The molecule has 1 aromatic carbocycles. The molecule has 0 unspecified atom stereocenters. The van der Waals surface area contributed by atoms with Crippen LogP contribution in [-0.2, 0) is 6.18 Å². The molecule has 0 aliphatic heterocycles. The Morgan fingerprint density at radius 3 is 2.50 bits per heavy atom. The first kappa shape index (κ1) is 10.9. The van der Waals surface area contributed by atoms with E-state index in [1.807, 2.05) is 0 Å². The van der Waals surface area contributed by atoms with Gasteiger partial charge in [-0.05, 0) is 19.9 Å². The van der Waals surface area contributed by atoms with Crippen molar-refractivity contribution in [1.82, 2.24) is 0 Å². The van der Waals surface area contributed by atoms with Crippen molar-refractivity contribution < 1.29 is 17.9 Å². The first-order chi connectivity index (χ1) is 6.41. The molecule has 0 amide bonds. The van der Waals surface area contributed by atoms with Crippen molar-refractivity contribution in [3.05, 3.63) is 29.8 Å². The molecule has 1 radical (unpaired) electrons. The Labute approximate surface area is 80.5 Å². The smallest absolute Gasteiger partial charge is 0.419 e. The Kier molecular flexibility index (Phi) is 3.03. The summed E-state index contributed by atoms with van der Waals surface area (Å²) in [5.41, 5.74) is -0.784. The molecule has 0 bridgehead atoms. The Morgan fingerprint density at radius 1 is 1.36 bits per heavy atom. The van der Waals surface area contributed by atoms with Crippen LogP contribution in [0.25, 0.3) is 0 Å².